The highest BCUT2D eigenvalue weighted by atomic mass is 32.2. The highest BCUT2D eigenvalue weighted by Gasteiger charge is 2.20. The highest BCUT2D eigenvalue weighted by Crippen LogP contribution is 2.14. The molecule has 0 radical (unpaired) electrons. The summed E-state index contributed by atoms with van der Waals surface area (Å²) < 4.78 is 25.9. The first kappa shape index (κ1) is 17.1. The lowest BCUT2D eigenvalue weighted by Gasteiger charge is -2.16. The Morgan fingerprint density at radius 2 is 2.00 bits per heavy atom. The lowest BCUT2D eigenvalue weighted by Crippen LogP contribution is -2.31. The molecule has 0 saturated heterocycles. The Bertz CT molecular complexity index is 756. The van der Waals surface area contributed by atoms with Crippen molar-refractivity contribution < 1.29 is 13.2 Å². The van der Waals surface area contributed by atoms with Crippen LogP contribution in [0.5, 0.6) is 0 Å². The highest BCUT2D eigenvalue weighted by molar-refractivity contribution is 7.91. The van der Waals surface area contributed by atoms with Crippen LogP contribution in [-0.4, -0.2) is 34.8 Å². The van der Waals surface area contributed by atoms with E-state index in [1.54, 1.807) is 29.9 Å². The lowest BCUT2D eigenvalue weighted by atomic mass is 10.2. The maximum Gasteiger partial charge on any atom is 0.221 e. The minimum atomic E-state index is -3.45. The van der Waals surface area contributed by atoms with E-state index in [4.69, 9.17) is 0 Å². The van der Waals surface area contributed by atoms with Crippen molar-refractivity contribution in [1.29, 1.82) is 0 Å². The monoisotopic (exact) mass is 336 g/mol. The molecule has 23 heavy (non-hydrogen) atoms. The lowest BCUT2D eigenvalue weighted by molar-refractivity contribution is -0.121. The van der Waals surface area contributed by atoms with Gasteiger partial charge in [-0.3, -0.25) is 9.48 Å². The van der Waals surface area contributed by atoms with E-state index in [0.29, 0.717) is 12.2 Å². The van der Waals surface area contributed by atoms with Crippen LogP contribution in [0.2, 0.25) is 0 Å². The largest absolute Gasteiger partial charge is 0.346 e. The van der Waals surface area contributed by atoms with Crippen LogP contribution in [0.3, 0.4) is 0 Å². The van der Waals surface area contributed by atoms with Crippen molar-refractivity contribution in [2.75, 3.05) is 5.75 Å². The summed E-state index contributed by atoms with van der Waals surface area (Å²) >= 11 is 0. The van der Waals surface area contributed by atoms with Crippen LogP contribution < -0.4 is 5.32 Å². The molecule has 0 fully saturated rings. The molecular weight excluding hydrogens is 316 g/mol. The van der Waals surface area contributed by atoms with Crippen LogP contribution in [0.4, 0.5) is 0 Å². The molecule has 0 aliphatic rings. The smallest absolute Gasteiger partial charge is 0.221 e. The van der Waals surface area contributed by atoms with E-state index in [1.165, 1.54) is 18.5 Å². The maximum absolute atomic E-state index is 12.2. The fourth-order valence-electron chi connectivity index (χ4n) is 2.21. The van der Waals surface area contributed by atoms with Gasteiger partial charge in [0, 0.05) is 13.5 Å². The molecule has 1 aromatic heterocycles. The summed E-state index contributed by atoms with van der Waals surface area (Å²) in [4.78, 5) is 16.4. The number of carbonyl (C=O) groups is 1. The molecule has 124 valence electrons. The Balaban J connectivity index is 1.96. The number of aromatic nitrogens is 3. The maximum atomic E-state index is 12.2. The van der Waals surface area contributed by atoms with E-state index in [-0.39, 0.29) is 29.0 Å². The Labute approximate surface area is 135 Å². The summed E-state index contributed by atoms with van der Waals surface area (Å²) in [5, 5.41) is 6.78. The molecule has 1 unspecified atom stereocenters. The zero-order valence-corrected chi connectivity index (χ0v) is 14.0. The molecule has 1 N–H and O–H groups in total. The molecule has 1 amide bonds. The molecule has 0 aliphatic carbocycles. The number of benzene rings is 1. The summed E-state index contributed by atoms with van der Waals surface area (Å²) in [7, 11) is -1.71. The molecule has 0 bridgehead atoms. The Morgan fingerprint density at radius 1 is 1.30 bits per heavy atom. The zero-order chi connectivity index (χ0) is 16.9. The molecule has 1 atom stereocenters. The standard InChI is InChI=1S/C15H20N4O3S/c1-3-13(15-16-11-17-19(15)2)18-14(20)9-10-23(21,22)12-7-5-4-6-8-12/h4-8,11,13H,3,9-10H2,1-2H3,(H,18,20). The third-order valence-corrected chi connectivity index (χ3v) is 5.23. The quantitative estimate of drug-likeness (QED) is 0.821. The van der Waals surface area contributed by atoms with Crippen molar-refractivity contribution in [2.45, 2.75) is 30.7 Å². The SMILES string of the molecule is CCC(NC(=O)CCS(=O)(=O)c1ccccc1)c1ncnn1C. The summed E-state index contributed by atoms with van der Waals surface area (Å²) in [5.41, 5.74) is 0. The molecule has 0 saturated carbocycles. The van der Waals surface area contributed by atoms with Gasteiger partial charge >= 0.3 is 0 Å². The molecule has 2 aromatic rings. The summed E-state index contributed by atoms with van der Waals surface area (Å²) in [6.07, 6.45) is 1.97. The molecule has 1 heterocycles. The first-order valence-electron chi connectivity index (χ1n) is 7.35. The van der Waals surface area contributed by atoms with Gasteiger partial charge in [-0.1, -0.05) is 25.1 Å². The van der Waals surface area contributed by atoms with Gasteiger partial charge in [-0.05, 0) is 18.6 Å². The van der Waals surface area contributed by atoms with Gasteiger partial charge in [0.1, 0.15) is 12.2 Å². The summed E-state index contributed by atoms with van der Waals surface area (Å²) in [5.74, 6) is 0.101. The minimum absolute atomic E-state index is 0.0917. The third-order valence-electron chi connectivity index (χ3n) is 3.50. The molecule has 7 nitrogen and oxygen atoms in total. The van der Waals surface area contributed by atoms with Crippen molar-refractivity contribution >= 4 is 15.7 Å². The van der Waals surface area contributed by atoms with E-state index in [9.17, 15) is 13.2 Å². The van der Waals surface area contributed by atoms with Crippen LogP contribution >= 0.6 is 0 Å². The number of hydrogen-bond acceptors (Lipinski definition) is 5. The molecule has 1 aromatic carbocycles. The van der Waals surface area contributed by atoms with Gasteiger partial charge in [0.2, 0.25) is 5.91 Å². The molecule has 0 spiro atoms. The molecule has 0 aliphatic heterocycles. The van der Waals surface area contributed by atoms with E-state index in [2.05, 4.69) is 15.4 Å². The van der Waals surface area contributed by atoms with E-state index < -0.39 is 9.84 Å². The zero-order valence-electron chi connectivity index (χ0n) is 13.1. The Morgan fingerprint density at radius 3 is 2.57 bits per heavy atom. The van der Waals surface area contributed by atoms with Crippen molar-refractivity contribution in [3.05, 3.63) is 42.5 Å². The molecule has 2 rings (SSSR count). The fraction of sp³-hybridized carbons (Fsp3) is 0.400. The van der Waals surface area contributed by atoms with Crippen LogP contribution in [0.1, 0.15) is 31.6 Å². The van der Waals surface area contributed by atoms with Crippen LogP contribution in [-0.2, 0) is 21.7 Å². The first-order valence-corrected chi connectivity index (χ1v) is 9.00. The number of sulfone groups is 1. The second kappa shape index (κ2) is 7.36. The van der Waals surface area contributed by atoms with Gasteiger partial charge in [-0.15, -0.1) is 0 Å². The van der Waals surface area contributed by atoms with E-state index in [1.807, 2.05) is 6.92 Å². The average Bonchev–Trinajstić information content (AvgIpc) is 2.97. The van der Waals surface area contributed by atoms with Crippen molar-refractivity contribution in [3.8, 4) is 0 Å². The van der Waals surface area contributed by atoms with E-state index >= 15 is 0 Å². The van der Waals surface area contributed by atoms with Crippen LogP contribution in [0, 0.1) is 0 Å². The van der Waals surface area contributed by atoms with Gasteiger partial charge in [0.05, 0.1) is 16.7 Å². The second-order valence-electron chi connectivity index (χ2n) is 5.15. The molecular formula is C15H20N4O3S. The number of hydrogen-bond donors (Lipinski definition) is 1. The summed E-state index contributed by atoms with van der Waals surface area (Å²) in [6, 6.07) is 7.85. The number of amides is 1. The predicted octanol–water partition coefficient (Wildman–Crippen LogP) is 1.25. The van der Waals surface area contributed by atoms with Crippen molar-refractivity contribution in [3.63, 3.8) is 0 Å². The van der Waals surface area contributed by atoms with Crippen LogP contribution in [0.25, 0.3) is 0 Å². The molecule has 8 heteroatoms. The average molecular weight is 336 g/mol. The Hall–Kier alpha value is -2.22. The van der Waals surface area contributed by atoms with Gasteiger partial charge in [-0.25, -0.2) is 13.4 Å². The predicted molar refractivity (Wildman–Crippen MR) is 85.3 cm³/mol. The topological polar surface area (TPSA) is 93.9 Å². The third kappa shape index (κ3) is 4.38. The van der Waals surface area contributed by atoms with Gasteiger partial charge in [-0.2, -0.15) is 5.10 Å². The number of rotatable bonds is 7. The number of aryl methyl sites for hydroxylation is 1. The number of nitrogens with zero attached hydrogens (tertiary/aromatic N) is 3. The van der Waals surface area contributed by atoms with Gasteiger partial charge in [0.15, 0.2) is 9.84 Å². The number of nitrogens with one attached hydrogen (secondary N) is 1. The first-order chi connectivity index (χ1) is 10.9. The second-order valence-corrected chi connectivity index (χ2v) is 7.26. The minimum Gasteiger partial charge on any atom is -0.346 e. The van der Waals surface area contributed by atoms with Crippen molar-refractivity contribution in [1.82, 2.24) is 20.1 Å². The Kier molecular flexibility index (Phi) is 5.49. The van der Waals surface area contributed by atoms with E-state index in [0.717, 1.165) is 0 Å². The fourth-order valence-corrected chi connectivity index (χ4v) is 3.47. The normalized spacial score (nSPS) is 12.8. The van der Waals surface area contributed by atoms with Crippen molar-refractivity contribution in [2.24, 2.45) is 7.05 Å². The van der Waals surface area contributed by atoms with Gasteiger partial charge < -0.3 is 5.32 Å². The van der Waals surface area contributed by atoms with Crippen LogP contribution in [0.15, 0.2) is 41.6 Å². The summed E-state index contributed by atoms with van der Waals surface area (Å²) in [6.45, 7) is 1.92. The number of carbonyl (C=O) groups excluding carboxylic acids is 1. The van der Waals surface area contributed by atoms with Gasteiger partial charge in [0.25, 0.3) is 0 Å².